The number of alkyl halides is 25. The Bertz CT molecular complexity index is 1330. The highest BCUT2D eigenvalue weighted by molar-refractivity contribution is 7.99. The minimum atomic E-state index is -9.64. The van der Waals surface area contributed by atoms with Crippen LogP contribution in [0.15, 0.2) is 0 Å². The Morgan fingerprint density at radius 1 is 0.537 bits per heavy atom. The SMILES string of the molecule is C[N+](C)(CCCNC(=O)CSCCC(F)(F)C(F)(F)C(F)(F)C(F)(F)C(F)(F)C(F)(F)C(F)(F)C(F)(F)C(F)(F)C(F)(F)C(F)(F)C(F)(F)F)CC(=O)O. The maximum absolute atomic E-state index is 14.0. The van der Waals surface area contributed by atoms with Gasteiger partial charge in [-0.1, -0.05) is 0 Å². The first-order chi connectivity index (χ1) is 23.3. The number of rotatable bonds is 21. The van der Waals surface area contributed by atoms with Crippen LogP contribution in [0.4, 0.5) is 110 Å². The van der Waals surface area contributed by atoms with Crippen molar-refractivity contribution in [2.75, 3.05) is 45.2 Å². The van der Waals surface area contributed by atoms with E-state index in [1.165, 1.54) is 14.1 Å². The maximum atomic E-state index is 14.0. The van der Waals surface area contributed by atoms with Gasteiger partial charge in [-0.2, -0.15) is 122 Å². The van der Waals surface area contributed by atoms with Crippen molar-refractivity contribution in [1.29, 1.82) is 0 Å². The molecule has 0 heterocycles. The Labute approximate surface area is 288 Å². The second kappa shape index (κ2) is 15.1. The van der Waals surface area contributed by atoms with Crippen molar-refractivity contribution in [3.63, 3.8) is 0 Å². The van der Waals surface area contributed by atoms with E-state index in [0.29, 0.717) is 0 Å². The smallest absolute Gasteiger partial charge is 0.460 e. The van der Waals surface area contributed by atoms with E-state index in [9.17, 15) is 119 Å². The van der Waals surface area contributed by atoms with Gasteiger partial charge in [-0.05, 0) is 5.75 Å². The molecular weight excluding hydrogens is 859 g/mol. The van der Waals surface area contributed by atoms with Crippen molar-refractivity contribution in [1.82, 2.24) is 5.32 Å². The number of thioether (sulfide) groups is 1. The molecule has 0 atom stereocenters. The average molecular weight is 881 g/mol. The number of halogens is 25. The van der Waals surface area contributed by atoms with Crippen molar-refractivity contribution in [3.05, 3.63) is 0 Å². The molecule has 0 aromatic carbocycles. The summed E-state index contributed by atoms with van der Waals surface area (Å²) in [4.78, 5) is 22.4. The number of carboxylic acids is 1. The fourth-order valence-electron chi connectivity index (χ4n) is 3.74. The summed E-state index contributed by atoms with van der Waals surface area (Å²) >= 11 is -0.228. The summed E-state index contributed by atoms with van der Waals surface area (Å²) in [5.41, 5.74) is 0. The van der Waals surface area contributed by atoms with Crippen LogP contribution in [0.2, 0.25) is 0 Å². The third kappa shape index (κ3) is 8.43. The van der Waals surface area contributed by atoms with Crippen molar-refractivity contribution in [3.8, 4) is 0 Å². The number of nitrogens with zero attached hydrogens (tertiary/aromatic N) is 1. The molecule has 31 heteroatoms. The zero-order chi connectivity index (χ0) is 44.0. The molecule has 0 saturated carbocycles. The molecule has 2 N–H and O–H groups in total. The summed E-state index contributed by atoms with van der Waals surface area (Å²) in [7, 11) is 2.87. The first kappa shape index (κ1) is 51.5. The van der Waals surface area contributed by atoms with Crippen LogP contribution in [0, 0.1) is 0 Å². The number of amides is 1. The van der Waals surface area contributed by atoms with Crippen molar-refractivity contribution < 1.29 is 129 Å². The fourth-order valence-corrected chi connectivity index (χ4v) is 4.57. The standard InChI is InChI=1S/C23H21F25N2O3S/c1-50(2,8-11(52)53)6-3-5-49-10(51)9-54-7-4-12(24,25)13(26,27)14(28,29)15(30,31)16(32,33)17(34,35)18(36,37)19(38,39)20(40,41)21(42,43)22(44,45)23(46,47)48/h3-9H2,1-2H3,(H-,49,51,52,53)/p+1. The summed E-state index contributed by atoms with van der Waals surface area (Å²) < 4.78 is 338. The Balaban J connectivity index is 6.32. The summed E-state index contributed by atoms with van der Waals surface area (Å²) in [6, 6.07) is 0. The molecule has 1 amide bonds. The van der Waals surface area contributed by atoms with Gasteiger partial charge in [0, 0.05) is 19.4 Å². The zero-order valence-corrected chi connectivity index (χ0v) is 26.8. The zero-order valence-electron chi connectivity index (χ0n) is 26.0. The van der Waals surface area contributed by atoms with Gasteiger partial charge in [-0.3, -0.25) is 4.79 Å². The third-order valence-electron chi connectivity index (χ3n) is 6.98. The minimum Gasteiger partial charge on any atom is -0.477 e. The Morgan fingerprint density at radius 2 is 0.852 bits per heavy atom. The summed E-state index contributed by atoms with van der Waals surface area (Å²) in [6.45, 7) is -0.566. The van der Waals surface area contributed by atoms with Crippen LogP contribution in [0.25, 0.3) is 0 Å². The van der Waals surface area contributed by atoms with E-state index in [1.54, 1.807) is 0 Å². The van der Waals surface area contributed by atoms with Gasteiger partial charge in [0.1, 0.15) is 0 Å². The number of hydrogen-bond donors (Lipinski definition) is 2. The first-order valence-corrected chi connectivity index (χ1v) is 14.5. The Kier molecular flexibility index (Phi) is 14.4. The highest BCUT2D eigenvalue weighted by Gasteiger charge is 2.99. The normalized spacial score (nSPS) is 15.8. The van der Waals surface area contributed by atoms with Crippen LogP contribution < -0.4 is 5.32 Å². The minimum absolute atomic E-state index is 0.0421. The monoisotopic (exact) mass is 881 g/mol. The molecule has 0 aromatic heterocycles. The van der Waals surface area contributed by atoms with Crippen LogP contribution in [0.1, 0.15) is 12.8 Å². The average Bonchev–Trinajstić information content (AvgIpc) is 2.95. The van der Waals surface area contributed by atoms with Gasteiger partial charge in [0.05, 0.1) is 26.4 Å². The lowest BCUT2D eigenvalue weighted by Crippen LogP contribution is -2.78. The second-order valence-corrected chi connectivity index (χ2v) is 12.8. The lowest BCUT2D eigenvalue weighted by atomic mass is 9.84. The largest absolute Gasteiger partial charge is 0.477 e. The van der Waals surface area contributed by atoms with Gasteiger partial charge in [0.15, 0.2) is 6.54 Å². The summed E-state index contributed by atoms with van der Waals surface area (Å²) in [5, 5.41) is 10.8. The van der Waals surface area contributed by atoms with E-state index in [4.69, 9.17) is 5.11 Å². The number of carboxylic acid groups (broad SMARTS) is 1. The molecule has 0 saturated heterocycles. The molecule has 0 radical (unpaired) electrons. The highest BCUT2D eigenvalue weighted by atomic mass is 32.2. The van der Waals surface area contributed by atoms with Crippen LogP contribution in [0.3, 0.4) is 0 Å². The van der Waals surface area contributed by atoms with Crippen LogP contribution in [0.5, 0.6) is 0 Å². The Morgan fingerprint density at radius 3 is 1.17 bits per heavy atom. The lowest BCUT2D eigenvalue weighted by molar-refractivity contribution is -0.883. The van der Waals surface area contributed by atoms with Crippen LogP contribution >= 0.6 is 11.8 Å². The highest BCUT2D eigenvalue weighted by Crippen LogP contribution is 2.67. The molecule has 0 unspecified atom stereocenters. The number of carbonyl (C=O) groups excluding carboxylic acids is 1. The van der Waals surface area contributed by atoms with Crippen molar-refractivity contribution in [2.24, 2.45) is 0 Å². The number of nitrogens with one attached hydrogen (secondary N) is 1. The molecule has 0 aliphatic rings. The number of aliphatic carboxylic acids is 1. The topological polar surface area (TPSA) is 66.4 Å². The second-order valence-electron chi connectivity index (χ2n) is 11.7. The van der Waals surface area contributed by atoms with Gasteiger partial charge in [0.2, 0.25) is 5.91 Å². The first-order valence-electron chi connectivity index (χ1n) is 13.4. The summed E-state index contributed by atoms with van der Waals surface area (Å²) in [5.74, 6) is -104. The molecule has 0 rings (SSSR count). The van der Waals surface area contributed by atoms with E-state index >= 15 is 0 Å². The molecule has 0 bridgehead atoms. The van der Waals surface area contributed by atoms with Crippen LogP contribution in [-0.2, 0) is 9.59 Å². The van der Waals surface area contributed by atoms with Gasteiger partial charge >= 0.3 is 77.3 Å². The molecule has 0 aromatic rings. The van der Waals surface area contributed by atoms with E-state index in [1.807, 2.05) is 5.32 Å². The molecule has 0 aliphatic carbocycles. The Hall–Kier alpha value is -2.50. The number of carbonyl (C=O) groups is 2. The predicted molar refractivity (Wildman–Crippen MR) is 130 cm³/mol. The molecular formula is C23H22F25N2O3S+. The van der Waals surface area contributed by atoms with Crippen LogP contribution in [-0.4, -0.2) is 138 Å². The van der Waals surface area contributed by atoms with E-state index in [2.05, 4.69) is 0 Å². The molecule has 5 nitrogen and oxygen atoms in total. The number of hydrogen-bond acceptors (Lipinski definition) is 3. The molecule has 0 aliphatic heterocycles. The maximum Gasteiger partial charge on any atom is 0.460 e. The number of quaternary nitrogens is 1. The van der Waals surface area contributed by atoms with Gasteiger partial charge in [-0.15, -0.1) is 0 Å². The quantitative estimate of drug-likeness (QED) is 0.0692. The summed E-state index contributed by atoms with van der Waals surface area (Å²) in [6.07, 6.45) is -11.1. The van der Waals surface area contributed by atoms with Crippen molar-refractivity contribution >= 4 is 23.6 Å². The van der Waals surface area contributed by atoms with Gasteiger partial charge in [-0.25, -0.2) is 4.79 Å². The van der Waals surface area contributed by atoms with E-state index in [0.717, 1.165) is 0 Å². The molecule has 54 heavy (non-hydrogen) atoms. The van der Waals surface area contributed by atoms with E-state index in [-0.39, 0.29) is 35.8 Å². The fraction of sp³-hybridized carbons (Fsp3) is 0.913. The van der Waals surface area contributed by atoms with E-state index < -0.39 is 108 Å². The number of likely N-dealkylation sites (N-methyl/N-ethyl adjacent to an activating group) is 1. The van der Waals surface area contributed by atoms with Crippen molar-refractivity contribution in [2.45, 2.75) is 84.2 Å². The van der Waals surface area contributed by atoms with Gasteiger partial charge in [0.25, 0.3) is 0 Å². The third-order valence-corrected chi connectivity index (χ3v) is 7.94. The molecule has 0 fully saturated rings. The molecule has 322 valence electrons. The molecule has 0 spiro atoms. The lowest BCUT2D eigenvalue weighted by Gasteiger charge is -2.45. The predicted octanol–water partition coefficient (Wildman–Crippen LogP) is 8.33. The van der Waals surface area contributed by atoms with Gasteiger partial charge < -0.3 is 14.9 Å².